The predicted molar refractivity (Wildman–Crippen MR) is 83.0 cm³/mol. The number of thiocarbonyl (C=S) groups is 1. The molecular weight excluding hydrogens is 273 g/mol. The molecule has 1 aromatic rings. The molecule has 1 aliphatic rings. The van der Waals surface area contributed by atoms with Crippen LogP contribution in [-0.2, 0) is 11.3 Å². The van der Waals surface area contributed by atoms with Crippen molar-refractivity contribution in [3.8, 4) is 0 Å². The van der Waals surface area contributed by atoms with Crippen LogP contribution in [0.25, 0.3) is 0 Å². The summed E-state index contributed by atoms with van der Waals surface area (Å²) in [6.07, 6.45) is 3.52. The molecular formula is C16H22FNOS. The van der Waals surface area contributed by atoms with Crippen LogP contribution in [0.5, 0.6) is 0 Å². The van der Waals surface area contributed by atoms with Gasteiger partial charge in [-0.05, 0) is 49.3 Å². The molecule has 0 spiro atoms. The highest BCUT2D eigenvalue weighted by Gasteiger charge is 2.25. The summed E-state index contributed by atoms with van der Waals surface area (Å²) in [6.45, 7) is 4.83. The minimum atomic E-state index is -0.262. The molecule has 3 atom stereocenters. The second-order valence-electron chi connectivity index (χ2n) is 5.87. The maximum absolute atomic E-state index is 13.8. The number of halogens is 1. The fraction of sp³-hybridized carbons (Fsp3) is 0.562. The van der Waals surface area contributed by atoms with Crippen molar-refractivity contribution in [1.82, 2.24) is 0 Å². The van der Waals surface area contributed by atoms with Gasteiger partial charge in [-0.3, -0.25) is 0 Å². The maximum atomic E-state index is 13.8. The molecule has 1 saturated carbocycles. The molecule has 0 amide bonds. The van der Waals surface area contributed by atoms with Gasteiger partial charge in [0, 0.05) is 11.1 Å². The summed E-state index contributed by atoms with van der Waals surface area (Å²) in [4.78, 5) is 0.284. The van der Waals surface area contributed by atoms with E-state index < -0.39 is 0 Å². The molecule has 0 radical (unpaired) electrons. The lowest BCUT2D eigenvalue weighted by Crippen LogP contribution is -2.26. The third-order valence-electron chi connectivity index (χ3n) is 4.35. The van der Waals surface area contributed by atoms with Crippen LogP contribution in [0.3, 0.4) is 0 Å². The van der Waals surface area contributed by atoms with Crippen molar-refractivity contribution in [3.05, 3.63) is 35.1 Å². The first-order valence-corrected chi connectivity index (χ1v) is 7.58. The lowest BCUT2D eigenvalue weighted by molar-refractivity contribution is -0.00846. The van der Waals surface area contributed by atoms with Crippen LogP contribution in [0.1, 0.15) is 44.2 Å². The molecule has 3 unspecified atom stereocenters. The van der Waals surface area contributed by atoms with Crippen molar-refractivity contribution in [1.29, 1.82) is 0 Å². The van der Waals surface area contributed by atoms with E-state index in [1.165, 1.54) is 12.5 Å². The topological polar surface area (TPSA) is 35.2 Å². The Bertz CT molecular complexity index is 491. The van der Waals surface area contributed by atoms with E-state index in [1.54, 1.807) is 12.1 Å². The minimum Gasteiger partial charge on any atom is -0.389 e. The molecule has 2 N–H and O–H groups in total. The van der Waals surface area contributed by atoms with E-state index in [-0.39, 0.29) is 23.5 Å². The first kappa shape index (κ1) is 15.4. The molecule has 110 valence electrons. The molecule has 1 fully saturated rings. The zero-order valence-corrected chi connectivity index (χ0v) is 12.9. The van der Waals surface area contributed by atoms with Crippen molar-refractivity contribution in [2.45, 2.75) is 45.8 Å². The van der Waals surface area contributed by atoms with E-state index in [9.17, 15) is 4.39 Å². The number of ether oxygens (including phenoxy) is 1. The third-order valence-corrected chi connectivity index (χ3v) is 4.59. The van der Waals surface area contributed by atoms with Gasteiger partial charge in [0.2, 0.25) is 0 Å². The average molecular weight is 295 g/mol. The van der Waals surface area contributed by atoms with Gasteiger partial charge in [-0.25, -0.2) is 4.39 Å². The number of rotatable bonds is 4. The average Bonchev–Trinajstić information content (AvgIpc) is 2.41. The lowest BCUT2D eigenvalue weighted by Gasteiger charge is -2.32. The highest BCUT2D eigenvalue weighted by Crippen LogP contribution is 2.31. The molecule has 0 heterocycles. The number of hydrogen-bond acceptors (Lipinski definition) is 2. The minimum absolute atomic E-state index is 0.231. The first-order valence-electron chi connectivity index (χ1n) is 7.17. The lowest BCUT2D eigenvalue weighted by atomic mass is 9.80. The maximum Gasteiger partial charge on any atom is 0.128 e. The van der Waals surface area contributed by atoms with Gasteiger partial charge in [-0.15, -0.1) is 0 Å². The number of benzene rings is 1. The Kier molecular flexibility index (Phi) is 5.11. The van der Waals surface area contributed by atoms with Crippen molar-refractivity contribution in [2.24, 2.45) is 17.6 Å². The first-order chi connectivity index (χ1) is 9.47. The van der Waals surface area contributed by atoms with Gasteiger partial charge in [0.05, 0.1) is 12.7 Å². The van der Waals surface area contributed by atoms with Crippen LogP contribution >= 0.6 is 12.2 Å². The van der Waals surface area contributed by atoms with Gasteiger partial charge in [0.1, 0.15) is 10.8 Å². The van der Waals surface area contributed by atoms with E-state index in [4.69, 9.17) is 22.7 Å². The summed E-state index contributed by atoms with van der Waals surface area (Å²) in [5, 5.41) is 0. The molecule has 2 rings (SSSR count). The second kappa shape index (κ2) is 6.64. The quantitative estimate of drug-likeness (QED) is 0.858. The van der Waals surface area contributed by atoms with Crippen LogP contribution in [0.15, 0.2) is 18.2 Å². The Balaban J connectivity index is 1.97. The Morgan fingerprint density at radius 1 is 1.35 bits per heavy atom. The molecule has 0 aliphatic heterocycles. The van der Waals surface area contributed by atoms with Crippen LogP contribution in [0, 0.1) is 17.7 Å². The van der Waals surface area contributed by atoms with Crippen LogP contribution < -0.4 is 5.73 Å². The van der Waals surface area contributed by atoms with Gasteiger partial charge < -0.3 is 10.5 Å². The van der Waals surface area contributed by atoms with E-state index in [1.807, 2.05) is 0 Å². The molecule has 1 aliphatic carbocycles. The van der Waals surface area contributed by atoms with Gasteiger partial charge in [0.25, 0.3) is 0 Å². The zero-order valence-electron chi connectivity index (χ0n) is 12.1. The SMILES string of the molecule is CC1CCC(OCc2cc(C(N)=S)ccc2F)CC1C. The van der Waals surface area contributed by atoms with Gasteiger partial charge in [-0.1, -0.05) is 26.1 Å². The summed E-state index contributed by atoms with van der Waals surface area (Å²) in [7, 11) is 0. The van der Waals surface area contributed by atoms with Crippen LogP contribution in [-0.4, -0.2) is 11.1 Å². The van der Waals surface area contributed by atoms with E-state index >= 15 is 0 Å². The zero-order chi connectivity index (χ0) is 14.7. The highest BCUT2D eigenvalue weighted by molar-refractivity contribution is 7.80. The Labute approximate surface area is 125 Å². The fourth-order valence-corrected chi connectivity index (χ4v) is 2.82. The molecule has 0 saturated heterocycles. The monoisotopic (exact) mass is 295 g/mol. The molecule has 0 aromatic heterocycles. The summed E-state index contributed by atoms with van der Waals surface area (Å²) in [5.41, 5.74) is 6.79. The number of hydrogen-bond donors (Lipinski definition) is 1. The van der Waals surface area contributed by atoms with Gasteiger partial charge in [-0.2, -0.15) is 0 Å². The van der Waals surface area contributed by atoms with Crippen molar-refractivity contribution in [3.63, 3.8) is 0 Å². The predicted octanol–water partition coefficient (Wildman–Crippen LogP) is 3.80. The van der Waals surface area contributed by atoms with E-state index in [2.05, 4.69) is 13.8 Å². The van der Waals surface area contributed by atoms with Crippen molar-refractivity contribution < 1.29 is 9.13 Å². The van der Waals surface area contributed by atoms with E-state index in [0.717, 1.165) is 18.8 Å². The molecule has 20 heavy (non-hydrogen) atoms. The van der Waals surface area contributed by atoms with Crippen LogP contribution in [0.4, 0.5) is 4.39 Å². The van der Waals surface area contributed by atoms with Gasteiger partial charge in [0.15, 0.2) is 0 Å². The second-order valence-corrected chi connectivity index (χ2v) is 6.31. The summed E-state index contributed by atoms with van der Waals surface area (Å²) >= 11 is 4.92. The molecule has 0 bridgehead atoms. The van der Waals surface area contributed by atoms with Gasteiger partial charge >= 0.3 is 0 Å². The fourth-order valence-electron chi connectivity index (χ4n) is 2.70. The normalized spacial score (nSPS) is 26.4. The Morgan fingerprint density at radius 2 is 2.10 bits per heavy atom. The van der Waals surface area contributed by atoms with E-state index in [0.29, 0.717) is 17.0 Å². The number of nitrogens with two attached hydrogens (primary N) is 1. The third kappa shape index (κ3) is 3.76. The summed E-state index contributed by atoms with van der Waals surface area (Å²) < 4.78 is 19.6. The largest absolute Gasteiger partial charge is 0.389 e. The van der Waals surface area contributed by atoms with Crippen molar-refractivity contribution >= 4 is 17.2 Å². The molecule has 4 heteroatoms. The summed E-state index contributed by atoms with van der Waals surface area (Å²) in [6, 6.07) is 4.69. The highest BCUT2D eigenvalue weighted by atomic mass is 32.1. The Morgan fingerprint density at radius 3 is 2.75 bits per heavy atom. The van der Waals surface area contributed by atoms with Crippen molar-refractivity contribution in [2.75, 3.05) is 0 Å². The smallest absolute Gasteiger partial charge is 0.128 e. The Hall–Kier alpha value is -1.00. The molecule has 1 aromatic carbocycles. The van der Waals surface area contributed by atoms with Crippen LogP contribution in [0.2, 0.25) is 0 Å². The molecule has 2 nitrogen and oxygen atoms in total. The summed E-state index contributed by atoms with van der Waals surface area (Å²) in [5.74, 6) is 1.16. The standard InChI is InChI=1S/C16H22FNOS/c1-10-3-5-14(7-11(10)2)19-9-13-8-12(16(18)20)4-6-15(13)17/h4,6,8,10-11,14H,3,5,7,9H2,1-2H3,(H2,18,20).